The molecule has 2 heterocycles. The van der Waals surface area contributed by atoms with Crippen molar-refractivity contribution in [3.8, 4) is 22.6 Å². The number of benzene rings is 2. The highest BCUT2D eigenvalue weighted by Gasteiger charge is 2.24. The zero-order chi connectivity index (χ0) is 21.6. The van der Waals surface area contributed by atoms with E-state index in [1.165, 1.54) is 0 Å². The third-order valence-corrected chi connectivity index (χ3v) is 5.77. The van der Waals surface area contributed by atoms with Crippen molar-refractivity contribution in [1.82, 2.24) is 13.9 Å². The van der Waals surface area contributed by atoms with Crippen LogP contribution in [0.2, 0.25) is 5.02 Å². The monoisotopic (exact) mass is 419 g/mol. The Kier molecular flexibility index (Phi) is 5.00. The van der Waals surface area contributed by atoms with Crippen molar-refractivity contribution in [1.29, 1.82) is 0 Å². The molecule has 0 unspecified atom stereocenters. The van der Waals surface area contributed by atoms with Gasteiger partial charge in [-0.15, -0.1) is 0 Å². The Morgan fingerprint density at radius 2 is 1.57 bits per heavy atom. The first-order chi connectivity index (χ1) is 14.3. The van der Waals surface area contributed by atoms with Gasteiger partial charge in [0.25, 0.3) is 5.56 Å². The Morgan fingerprint density at radius 1 is 0.933 bits per heavy atom. The molecule has 152 valence electrons. The quantitative estimate of drug-likeness (QED) is 0.432. The maximum absolute atomic E-state index is 13.6. The van der Waals surface area contributed by atoms with Crippen LogP contribution in [0.1, 0.15) is 28.7 Å². The van der Waals surface area contributed by atoms with E-state index in [0.717, 1.165) is 28.3 Å². The lowest BCUT2D eigenvalue weighted by atomic mass is 10.1. The fourth-order valence-electron chi connectivity index (χ4n) is 3.90. The van der Waals surface area contributed by atoms with Crippen LogP contribution in [0, 0.1) is 13.8 Å². The molecule has 0 N–H and O–H groups in total. The van der Waals surface area contributed by atoms with E-state index in [4.69, 9.17) is 11.6 Å². The summed E-state index contributed by atoms with van der Waals surface area (Å²) in [5.74, 6) is -0.0431. The average Bonchev–Trinajstić information content (AvgIpc) is 3.17. The lowest BCUT2D eigenvalue weighted by molar-refractivity contribution is 0.101. The maximum atomic E-state index is 13.6. The summed E-state index contributed by atoms with van der Waals surface area (Å²) in [5, 5.41) is 0.627. The SMILES string of the molecule is CC(=O)c1cc(-c2ccc(Cl)cc2)n(-c2c(C)n(C)n(-c3ccccc3)c2=O)c1C. The fraction of sp³-hybridized carbons (Fsp3) is 0.167. The van der Waals surface area contributed by atoms with Crippen molar-refractivity contribution in [2.45, 2.75) is 20.8 Å². The number of rotatable bonds is 4. The molecule has 0 fully saturated rings. The lowest BCUT2D eigenvalue weighted by Gasteiger charge is -2.11. The van der Waals surface area contributed by atoms with E-state index in [1.807, 2.05) is 78.7 Å². The van der Waals surface area contributed by atoms with Crippen LogP contribution in [-0.2, 0) is 7.05 Å². The van der Waals surface area contributed by atoms with E-state index in [-0.39, 0.29) is 11.3 Å². The molecule has 0 aliphatic heterocycles. The van der Waals surface area contributed by atoms with Gasteiger partial charge in [-0.3, -0.25) is 14.3 Å². The van der Waals surface area contributed by atoms with Gasteiger partial charge in [-0.1, -0.05) is 41.9 Å². The van der Waals surface area contributed by atoms with E-state index >= 15 is 0 Å². The van der Waals surface area contributed by atoms with Crippen molar-refractivity contribution >= 4 is 17.4 Å². The molecule has 4 rings (SSSR count). The molecule has 5 nitrogen and oxygen atoms in total. The Bertz CT molecular complexity index is 1310. The summed E-state index contributed by atoms with van der Waals surface area (Å²) in [6, 6.07) is 18.8. The van der Waals surface area contributed by atoms with Gasteiger partial charge in [0.1, 0.15) is 5.69 Å². The van der Waals surface area contributed by atoms with Crippen LogP contribution >= 0.6 is 11.6 Å². The van der Waals surface area contributed by atoms with Crippen molar-refractivity contribution in [2.24, 2.45) is 7.05 Å². The van der Waals surface area contributed by atoms with Gasteiger partial charge in [-0.2, -0.15) is 0 Å². The average molecular weight is 420 g/mol. The van der Waals surface area contributed by atoms with Gasteiger partial charge in [-0.25, -0.2) is 4.68 Å². The number of carbonyl (C=O) groups is 1. The van der Waals surface area contributed by atoms with E-state index in [0.29, 0.717) is 16.3 Å². The molecule has 2 aromatic heterocycles. The van der Waals surface area contributed by atoms with Crippen LogP contribution in [0.15, 0.2) is 65.5 Å². The highest BCUT2D eigenvalue weighted by atomic mass is 35.5. The smallest absolute Gasteiger partial charge is 0.295 e. The summed E-state index contributed by atoms with van der Waals surface area (Å²) in [7, 11) is 1.86. The molecular weight excluding hydrogens is 398 g/mol. The summed E-state index contributed by atoms with van der Waals surface area (Å²) in [4.78, 5) is 25.9. The first-order valence-corrected chi connectivity index (χ1v) is 10.0. The number of ketones is 1. The minimum Gasteiger partial charge on any atom is -0.307 e. The largest absolute Gasteiger partial charge is 0.307 e. The van der Waals surface area contributed by atoms with Gasteiger partial charge in [0.2, 0.25) is 0 Å². The molecule has 4 aromatic rings. The summed E-state index contributed by atoms with van der Waals surface area (Å²) < 4.78 is 5.37. The van der Waals surface area contributed by atoms with Gasteiger partial charge in [-0.05, 0) is 56.7 Å². The van der Waals surface area contributed by atoms with Gasteiger partial charge >= 0.3 is 0 Å². The number of aromatic nitrogens is 3. The zero-order valence-electron chi connectivity index (χ0n) is 17.3. The van der Waals surface area contributed by atoms with E-state index in [9.17, 15) is 9.59 Å². The topological polar surface area (TPSA) is 48.9 Å². The predicted octanol–water partition coefficient (Wildman–Crippen LogP) is 5.11. The normalized spacial score (nSPS) is 11.1. The molecule has 0 aliphatic rings. The summed E-state index contributed by atoms with van der Waals surface area (Å²) >= 11 is 6.07. The van der Waals surface area contributed by atoms with E-state index < -0.39 is 0 Å². The van der Waals surface area contributed by atoms with Crippen molar-refractivity contribution in [2.75, 3.05) is 0 Å². The van der Waals surface area contributed by atoms with Crippen molar-refractivity contribution in [3.05, 3.63) is 93.0 Å². The molecule has 6 heteroatoms. The third-order valence-electron chi connectivity index (χ3n) is 5.51. The first-order valence-electron chi connectivity index (χ1n) is 9.65. The third kappa shape index (κ3) is 3.12. The van der Waals surface area contributed by atoms with Gasteiger partial charge in [0.15, 0.2) is 5.78 Å². The van der Waals surface area contributed by atoms with Crippen molar-refractivity contribution < 1.29 is 4.79 Å². The second-order valence-electron chi connectivity index (χ2n) is 7.34. The number of Topliss-reactive ketones (excluding diaryl/α,β-unsaturated/α-hetero) is 1. The lowest BCUT2D eigenvalue weighted by Crippen LogP contribution is -2.22. The molecule has 0 saturated carbocycles. The van der Waals surface area contributed by atoms with Gasteiger partial charge in [0, 0.05) is 23.3 Å². The first kappa shape index (κ1) is 20.0. The molecule has 30 heavy (non-hydrogen) atoms. The van der Waals surface area contributed by atoms with Crippen LogP contribution < -0.4 is 5.56 Å². The number of carbonyl (C=O) groups excluding carboxylic acids is 1. The van der Waals surface area contributed by atoms with Crippen LogP contribution in [0.25, 0.3) is 22.6 Å². The predicted molar refractivity (Wildman–Crippen MR) is 120 cm³/mol. The van der Waals surface area contributed by atoms with Crippen LogP contribution in [0.3, 0.4) is 0 Å². The van der Waals surface area contributed by atoms with Crippen LogP contribution in [-0.4, -0.2) is 19.7 Å². The molecular formula is C24H22ClN3O2. The number of para-hydroxylation sites is 1. The Hall–Kier alpha value is -3.31. The summed E-state index contributed by atoms with van der Waals surface area (Å²) in [6.45, 7) is 5.32. The van der Waals surface area contributed by atoms with Crippen LogP contribution in [0.5, 0.6) is 0 Å². The molecule has 0 spiro atoms. The van der Waals surface area contributed by atoms with Crippen LogP contribution in [0.4, 0.5) is 0 Å². The second kappa shape index (κ2) is 7.50. The zero-order valence-corrected chi connectivity index (χ0v) is 18.1. The highest BCUT2D eigenvalue weighted by molar-refractivity contribution is 6.30. The molecule has 0 amide bonds. The highest BCUT2D eigenvalue weighted by Crippen LogP contribution is 2.31. The Balaban J connectivity index is 2.05. The van der Waals surface area contributed by atoms with E-state index in [1.54, 1.807) is 23.7 Å². The summed E-state index contributed by atoms with van der Waals surface area (Å²) in [5.41, 5.74) is 4.94. The minimum atomic E-state index is -0.148. The molecule has 0 radical (unpaired) electrons. The number of halogens is 1. The number of nitrogens with zero attached hydrogens (tertiary/aromatic N) is 3. The molecule has 0 aliphatic carbocycles. The van der Waals surface area contributed by atoms with Crippen molar-refractivity contribution in [3.63, 3.8) is 0 Å². The molecule has 0 bridgehead atoms. The minimum absolute atomic E-state index is 0.0431. The maximum Gasteiger partial charge on any atom is 0.295 e. The molecule has 2 aromatic carbocycles. The van der Waals surface area contributed by atoms with Gasteiger partial charge in [0.05, 0.1) is 17.1 Å². The second-order valence-corrected chi connectivity index (χ2v) is 7.77. The fourth-order valence-corrected chi connectivity index (χ4v) is 4.02. The number of hydrogen-bond donors (Lipinski definition) is 0. The van der Waals surface area contributed by atoms with E-state index in [2.05, 4.69) is 0 Å². The molecule has 0 saturated heterocycles. The Labute approximate surface area is 179 Å². The number of hydrogen-bond acceptors (Lipinski definition) is 2. The summed E-state index contributed by atoms with van der Waals surface area (Å²) in [6.07, 6.45) is 0. The molecule has 0 atom stereocenters. The van der Waals surface area contributed by atoms with Gasteiger partial charge < -0.3 is 4.57 Å². The Morgan fingerprint density at radius 3 is 2.17 bits per heavy atom. The standard InChI is InChI=1S/C24H22ClN3O2/c1-15-21(17(3)29)14-22(18-10-12-19(25)13-11-18)27(15)23-16(2)26(4)28(24(23)30)20-8-6-5-7-9-20/h5-14H,1-4H3.